The highest BCUT2D eigenvalue weighted by Gasteiger charge is 2.19. The maximum atomic E-state index is 12.0. The van der Waals surface area contributed by atoms with Crippen LogP contribution in [0.4, 0.5) is 5.95 Å². The quantitative estimate of drug-likeness (QED) is 0.879. The van der Waals surface area contributed by atoms with Crippen molar-refractivity contribution in [1.82, 2.24) is 14.9 Å². The van der Waals surface area contributed by atoms with E-state index >= 15 is 0 Å². The number of carbonyl (C=O) groups is 1. The van der Waals surface area contributed by atoms with E-state index < -0.39 is 0 Å². The Kier molecular flexibility index (Phi) is 5.60. The van der Waals surface area contributed by atoms with Crippen molar-refractivity contribution in [3.05, 3.63) is 45.7 Å². The Hall–Kier alpha value is -1.82. The van der Waals surface area contributed by atoms with Gasteiger partial charge in [0.15, 0.2) is 0 Å². The third kappa shape index (κ3) is 3.32. The summed E-state index contributed by atoms with van der Waals surface area (Å²) in [5, 5.41) is 5.93. The SMILES string of the molecule is CC.CNc1nccn1Cc1cc(Br)c2c(c1)C(=O)NCC2. The molecule has 1 aromatic carbocycles. The third-order valence-electron chi connectivity index (χ3n) is 3.45. The highest BCUT2D eigenvalue weighted by Crippen LogP contribution is 2.26. The van der Waals surface area contributed by atoms with Gasteiger partial charge in [0.1, 0.15) is 0 Å². The zero-order valence-corrected chi connectivity index (χ0v) is 14.7. The Balaban J connectivity index is 0.000000847. The summed E-state index contributed by atoms with van der Waals surface area (Å²) in [6, 6.07) is 4.05. The molecule has 0 saturated heterocycles. The molecule has 0 spiro atoms. The van der Waals surface area contributed by atoms with Crippen molar-refractivity contribution in [2.75, 3.05) is 18.9 Å². The molecule has 2 heterocycles. The molecule has 6 heteroatoms. The number of fused-ring (bicyclic) bond motifs is 1. The molecule has 0 fully saturated rings. The van der Waals surface area contributed by atoms with Crippen LogP contribution in [0, 0.1) is 0 Å². The number of aromatic nitrogens is 2. The average Bonchev–Trinajstić information content (AvgIpc) is 2.98. The molecule has 0 aliphatic carbocycles. The summed E-state index contributed by atoms with van der Waals surface area (Å²) in [4.78, 5) is 16.2. The van der Waals surface area contributed by atoms with Gasteiger partial charge in [0, 0.05) is 36.0 Å². The number of nitrogens with one attached hydrogen (secondary N) is 2. The van der Waals surface area contributed by atoms with Crippen LogP contribution in [0.15, 0.2) is 29.0 Å². The van der Waals surface area contributed by atoms with Crippen molar-refractivity contribution in [3.8, 4) is 0 Å². The van der Waals surface area contributed by atoms with Crippen LogP contribution in [0.2, 0.25) is 0 Å². The molecule has 1 aromatic heterocycles. The van der Waals surface area contributed by atoms with Gasteiger partial charge in [0.05, 0.1) is 6.54 Å². The summed E-state index contributed by atoms with van der Waals surface area (Å²) in [6.45, 7) is 5.38. The van der Waals surface area contributed by atoms with Gasteiger partial charge >= 0.3 is 0 Å². The molecule has 2 aromatic rings. The fraction of sp³-hybridized carbons (Fsp3) is 0.375. The molecule has 1 aliphatic heterocycles. The molecule has 2 N–H and O–H groups in total. The molecule has 1 aliphatic rings. The highest BCUT2D eigenvalue weighted by molar-refractivity contribution is 9.10. The lowest BCUT2D eigenvalue weighted by atomic mass is 9.98. The van der Waals surface area contributed by atoms with Gasteiger partial charge in [0.2, 0.25) is 5.95 Å². The largest absolute Gasteiger partial charge is 0.359 e. The van der Waals surface area contributed by atoms with Crippen molar-refractivity contribution < 1.29 is 4.79 Å². The second-order valence-electron chi connectivity index (χ2n) is 4.74. The number of imidazole rings is 1. The first-order valence-corrected chi connectivity index (χ1v) is 8.26. The van der Waals surface area contributed by atoms with Gasteiger partial charge < -0.3 is 15.2 Å². The maximum absolute atomic E-state index is 12.0. The molecule has 22 heavy (non-hydrogen) atoms. The zero-order chi connectivity index (χ0) is 16.1. The van der Waals surface area contributed by atoms with E-state index in [1.165, 1.54) is 0 Å². The van der Waals surface area contributed by atoms with E-state index in [0.29, 0.717) is 13.1 Å². The molecule has 118 valence electrons. The number of rotatable bonds is 3. The second kappa shape index (κ2) is 7.45. The molecule has 3 rings (SSSR count). The van der Waals surface area contributed by atoms with Gasteiger partial charge in [-0.1, -0.05) is 29.8 Å². The number of hydrogen-bond donors (Lipinski definition) is 2. The average molecular weight is 365 g/mol. The summed E-state index contributed by atoms with van der Waals surface area (Å²) in [5.41, 5.74) is 2.94. The monoisotopic (exact) mass is 364 g/mol. The van der Waals surface area contributed by atoms with Gasteiger partial charge in [0.25, 0.3) is 5.91 Å². The van der Waals surface area contributed by atoms with Gasteiger partial charge in [-0.05, 0) is 29.7 Å². The minimum Gasteiger partial charge on any atom is -0.359 e. The molecule has 0 bridgehead atoms. The van der Waals surface area contributed by atoms with Crippen LogP contribution < -0.4 is 10.6 Å². The number of benzene rings is 1. The summed E-state index contributed by atoms with van der Waals surface area (Å²) >= 11 is 3.58. The van der Waals surface area contributed by atoms with E-state index in [0.717, 1.165) is 33.5 Å². The van der Waals surface area contributed by atoms with Gasteiger partial charge in [-0.2, -0.15) is 0 Å². The Labute approximate surface area is 139 Å². The molecule has 0 atom stereocenters. The first-order valence-electron chi connectivity index (χ1n) is 7.47. The standard InChI is InChI=1S/C14H15BrN4O.C2H6/c1-16-14-18-4-5-19(14)8-9-6-11-10(12(15)7-9)2-3-17-13(11)20;1-2/h4-7H,2-3,8H2,1H3,(H,16,18)(H,17,20);1-2H3. The number of amides is 1. The van der Waals surface area contributed by atoms with Gasteiger partial charge in [-0.3, -0.25) is 4.79 Å². The van der Waals surface area contributed by atoms with E-state index in [1.807, 2.05) is 37.7 Å². The molecule has 0 radical (unpaired) electrons. The minimum absolute atomic E-state index is 0.00766. The van der Waals surface area contributed by atoms with E-state index in [9.17, 15) is 4.79 Å². The maximum Gasteiger partial charge on any atom is 0.251 e. The smallest absolute Gasteiger partial charge is 0.251 e. The van der Waals surface area contributed by atoms with Crippen LogP contribution in [0.1, 0.15) is 35.3 Å². The number of carbonyl (C=O) groups excluding carboxylic acids is 1. The van der Waals surface area contributed by atoms with Crippen molar-refractivity contribution >= 4 is 27.8 Å². The molecular weight excluding hydrogens is 344 g/mol. The molecular formula is C16H21BrN4O. The molecule has 0 saturated carbocycles. The van der Waals surface area contributed by atoms with Crippen molar-refractivity contribution in [2.24, 2.45) is 0 Å². The minimum atomic E-state index is 0.00766. The number of nitrogens with zero attached hydrogens (tertiary/aromatic N) is 2. The summed E-state index contributed by atoms with van der Waals surface area (Å²) < 4.78 is 3.01. The normalized spacial score (nSPS) is 12.8. The third-order valence-corrected chi connectivity index (χ3v) is 4.16. The Morgan fingerprint density at radius 1 is 1.41 bits per heavy atom. The predicted molar refractivity (Wildman–Crippen MR) is 92.4 cm³/mol. The number of anilines is 1. The second-order valence-corrected chi connectivity index (χ2v) is 5.59. The summed E-state index contributed by atoms with van der Waals surface area (Å²) in [5.74, 6) is 0.816. The number of hydrogen-bond acceptors (Lipinski definition) is 3. The van der Waals surface area contributed by atoms with E-state index in [4.69, 9.17) is 0 Å². The lowest BCUT2D eigenvalue weighted by Crippen LogP contribution is -2.32. The van der Waals surface area contributed by atoms with Gasteiger partial charge in [-0.15, -0.1) is 0 Å². The van der Waals surface area contributed by atoms with Gasteiger partial charge in [-0.25, -0.2) is 4.98 Å². The van der Waals surface area contributed by atoms with Crippen molar-refractivity contribution in [3.63, 3.8) is 0 Å². The van der Waals surface area contributed by atoms with E-state index in [1.54, 1.807) is 6.20 Å². The fourth-order valence-corrected chi connectivity index (χ4v) is 3.20. The lowest BCUT2D eigenvalue weighted by Gasteiger charge is -2.19. The van der Waals surface area contributed by atoms with Crippen LogP contribution in [-0.4, -0.2) is 29.1 Å². The fourth-order valence-electron chi connectivity index (χ4n) is 2.50. The first-order chi connectivity index (χ1) is 10.7. The first kappa shape index (κ1) is 16.5. The van der Waals surface area contributed by atoms with Crippen molar-refractivity contribution in [2.45, 2.75) is 26.8 Å². The molecule has 1 amide bonds. The van der Waals surface area contributed by atoms with Crippen LogP contribution in [0.25, 0.3) is 0 Å². The van der Waals surface area contributed by atoms with Crippen LogP contribution in [0.5, 0.6) is 0 Å². The van der Waals surface area contributed by atoms with E-state index in [-0.39, 0.29) is 5.91 Å². The molecule has 0 unspecified atom stereocenters. The summed E-state index contributed by atoms with van der Waals surface area (Å²) in [7, 11) is 1.84. The van der Waals surface area contributed by atoms with E-state index in [2.05, 4.69) is 37.6 Å². The lowest BCUT2D eigenvalue weighted by molar-refractivity contribution is 0.0945. The highest BCUT2D eigenvalue weighted by atomic mass is 79.9. The van der Waals surface area contributed by atoms with Crippen LogP contribution >= 0.6 is 15.9 Å². The Morgan fingerprint density at radius 3 is 2.91 bits per heavy atom. The van der Waals surface area contributed by atoms with Crippen LogP contribution in [0.3, 0.4) is 0 Å². The Morgan fingerprint density at radius 2 is 2.18 bits per heavy atom. The number of halogens is 1. The van der Waals surface area contributed by atoms with Crippen LogP contribution in [-0.2, 0) is 13.0 Å². The summed E-state index contributed by atoms with van der Waals surface area (Å²) in [6.07, 6.45) is 4.54. The zero-order valence-electron chi connectivity index (χ0n) is 13.1. The molecule has 5 nitrogen and oxygen atoms in total. The Bertz CT molecular complexity index is 666. The predicted octanol–water partition coefficient (Wildman–Crippen LogP) is 3.05. The van der Waals surface area contributed by atoms with Crippen molar-refractivity contribution in [1.29, 1.82) is 0 Å². The topological polar surface area (TPSA) is 59.0 Å².